The van der Waals surface area contributed by atoms with E-state index in [2.05, 4.69) is 86.6 Å². The quantitative estimate of drug-likeness (QED) is 0.610. The minimum Gasteiger partial charge on any atom is -0.0622 e. The van der Waals surface area contributed by atoms with E-state index in [1.54, 1.807) is 0 Å². The molecule has 3 rings (SSSR count). The van der Waals surface area contributed by atoms with Crippen molar-refractivity contribution in [3.05, 3.63) is 72.8 Å². The van der Waals surface area contributed by atoms with Crippen LogP contribution in [0.25, 0.3) is 10.8 Å². The second kappa shape index (κ2) is 5.77. The van der Waals surface area contributed by atoms with Crippen molar-refractivity contribution in [2.24, 2.45) is 0 Å². The van der Waals surface area contributed by atoms with Crippen LogP contribution in [0, 0.1) is 0 Å². The first kappa shape index (κ1) is 13.3. The minimum atomic E-state index is -0.310. The lowest BCUT2D eigenvalue weighted by atomic mass is 10.1. The van der Waals surface area contributed by atoms with Gasteiger partial charge in [-0.15, -0.1) is 0 Å². The third-order valence-corrected chi connectivity index (χ3v) is 6.37. The van der Waals surface area contributed by atoms with Crippen molar-refractivity contribution in [1.29, 1.82) is 0 Å². The van der Waals surface area contributed by atoms with Crippen LogP contribution in [0.5, 0.6) is 0 Å². The molecule has 0 aliphatic rings. The van der Waals surface area contributed by atoms with Crippen LogP contribution in [-0.4, -0.2) is 5.66 Å². The van der Waals surface area contributed by atoms with Crippen LogP contribution in [0.2, 0.25) is 0 Å². The summed E-state index contributed by atoms with van der Waals surface area (Å²) in [6.07, 6.45) is 0. The fraction of sp³-hybridized carbons (Fsp3) is 0.158. The summed E-state index contributed by atoms with van der Waals surface area (Å²) in [4.78, 5) is 0. The molecule has 3 aromatic carbocycles. The molecular weight excluding hydrogens is 259 g/mol. The van der Waals surface area contributed by atoms with Gasteiger partial charge in [0.1, 0.15) is 0 Å². The number of rotatable bonds is 3. The van der Waals surface area contributed by atoms with E-state index >= 15 is 0 Å². The Balaban J connectivity index is 2.21. The van der Waals surface area contributed by atoms with Gasteiger partial charge in [-0.1, -0.05) is 86.6 Å². The average molecular weight is 278 g/mol. The summed E-state index contributed by atoms with van der Waals surface area (Å²) in [5.74, 6) is 0. The Kier molecular flexibility index (Phi) is 3.85. The molecular formula is C19H19P. The minimum absolute atomic E-state index is 0.310. The molecule has 20 heavy (non-hydrogen) atoms. The molecule has 0 aliphatic carbocycles. The molecule has 0 amide bonds. The van der Waals surface area contributed by atoms with Gasteiger partial charge in [0.15, 0.2) is 0 Å². The first-order valence-corrected chi connectivity index (χ1v) is 8.50. The third kappa shape index (κ3) is 2.49. The average Bonchev–Trinajstić information content (AvgIpc) is 2.48. The second-order valence-electron chi connectivity index (χ2n) is 5.30. The molecule has 0 saturated carbocycles. The van der Waals surface area contributed by atoms with Crippen molar-refractivity contribution >= 4 is 29.3 Å². The topological polar surface area (TPSA) is 0 Å². The summed E-state index contributed by atoms with van der Waals surface area (Å²) in [5, 5.41) is 5.71. The molecule has 1 heteroatoms. The maximum absolute atomic E-state index is 2.33. The van der Waals surface area contributed by atoms with E-state index in [9.17, 15) is 0 Å². The molecule has 0 aliphatic heterocycles. The van der Waals surface area contributed by atoms with Gasteiger partial charge in [-0.2, -0.15) is 0 Å². The fourth-order valence-electron chi connectivity index (χ4n) is 2.72. The predicted octanol–water partition coefficient (Wildman–Crippen LogP) is 4.68. The van der Waals surface area contributed by atoms with Crippen LogP contribution in [-0.2, 0) is 0 Å². The molecule has 0 fully saturated rings. The van der Waals surface area contributed by atoms with Crippen molar-refractivity contribution in [2.45, 2.75) is 19.5 Å². The molecule has 0 saturated heterocycles. The van der Waals surface area contributed by atoms with Crippen LogP contribution in [0.1, 0.15) is 13.8 Å². The number of hydrogen-bond donors (Lipinski definition) is 0. The standard InChI is InChI=1S/C19H19P/c1-15(2)20(17-11-4-3-5-12-17)19-14-8-10-16-9-6-7-13-18(16)19/h3-15H,1-2H3. The molecule has 1 atom stereocenters. The molecule has 100 valence electrons. The second-order valence-corrected chi connectivity index (χ2v) is 8.07. The van der Waals surface area contributed by atoms with E-state index in [1.165, 1.54) is 21.4 Å². The number of benzene rings is 3. The Bertz CT molecular complexity index is 696. The molecule has 0 bridgehead atoms. The lowest BCUT2D eigenvalue weighted by Gasteiger charge is -2.24. The SMILES string of the molecule is CC(C)P(c1ccccc1)c1cccc2ccccc12. The zero-order chi connectivity index (χ0) is 13.9. The summed E-state index contributed by atoms with van der Waals surface area (Å²) < 4.78 is 0. The molecule has 0 N–H and O–H groups in total. The maximum atomic E-state index is 2.33. The van der Waals surface area contributed by atoms with Crippen molar-refractivity contribution in [2.75, 3.05) is 0 Å². The zero-order valence-electron chi connectivity index (χ0n) is 12.0. The highest BCUT2D eigenvalue weighted by atomic mass is 31.1. The highest BCUT2D eigenvalue weighted by Crippen LogP contribution is 2.40. The zero-order valence-corrected chi connectivity index (χ0v) is 12.8. The summed E-state index contributed by atoms with van der Waals surface area (Å²) in [6.45, 7) is 4.67. The van der Waals surface area contributed by atoms with Crippen LogP contribution in [0.3, 0.4) is 0 Å². The molecule has 1 unspecified atom stereocenters. The van der Waals surface area contributed by atoms with Gasteiger partial charge in [0.05, 0.1) is 0 Å². The van der Waals surface area contributed by atoms with Crippen LogP contribution >= 0.6 is 7.92 Å². The Morgan fingerprint density at radius 3 is 2.10 bits per heavy atom. The lowest BCUT2D eigenvalue weighted by molar-refractivity contribution is 1.10. The molecule has 0 aromatic heterocycles. The largest absolute Gasteiger partial charge is 0.0622 e. The predicted molar refractivity (Wildman–Crippen MR) is 91.7 cm³/mol. The Morgan fingerprint density at radius 2 is 1.35 bits per heavy atom. The van der Waals surface area contributed by atoms with E-state index in [0.29, 0.717) is 5.66 Å². The molecule has 3 aromatic rings. The van der Waals surface area contributed by atoms with Gasteiger partial charge in [0, 0.05) is 0 Å². The molecule has 0 radical (unpaired) electrons. The van der Waals surface area contributed by atoms with Gasteiger partial charge in [-0.25, -0.2) is 0 Å². The summed E-state index contributed by atoms with van der Waals surface area (Å²) in [5.41, 5.74) is 0.637. The van der Waals surface area contributed by atoms with E-state index < -0.39 is 0 Å². The van der Waals surface area contributed by atoms with Gasteiger partial charge in [-0.05, 0) is 35.0 Å². The summed E-state index contributed by atoms with van der Waals surface area (Å²) in [7, 11) is -0.310. The van der Waals surface area contributed by atoms with E-state index in [-0.39, 0.29) is 7.92 Å². The van der Waals surface area contributed by atoms with Gasteiger partial charge >= 0.3 is 0 Å². The maximum Gasteiger partial charge on any atom is -0.0104 e. The number of hydrogen-bond acceptors (Lipinski definition) is 0. The van der Waals surface area contributed by atoms with E-state index in [0.717, 1.165) is 0 Å². The molecule has 0 heterocycles. The highest BCUT2D eigenvalue weighted by Gasteiger charge is 2.19. The van der Waals surface area contributed by atoms with Crippen molar-refractivity contribution in [3.63, 3.8) is 0 Å². The monoisotopic (exact) mass is 278 g/mol. The third-order valence-electron chi connectivity index (χ3n) is 3.58. The summed E-state index contributed by atoms with van der Waals surface area (Å²) in [6, 6.07) is 26.4. The Hall–Kier alpha value is -1.65. The van der Waals surface area contributed by atoms with Gasteiger partial charge in [0.2, 0.25) is 0 Å². The lowest BCUT2D eigenvalue weighted by Crippen LogP contribution is -2.18. The van der Waals surface area contributed by atoms with E-state index in [1.807, 2.05) is 0 Å². The van der Waals surface area contributed by atoms with Crippen LogP contribution in [0.4, 0.5) is 0 Å². The molecule has 0 spiro atoms. The normalized spacial score (nSPS) is 12.8. The number of fused-ring (bicyclic) bond motifs is 1. The van der Waals surface area contributed by atoms with Crippen LogP contribution < -0.4 is 10.6 Å². The van der Waals surface area contributed by atoms with Crippen LogP contribution in [0.15, 0.2) is 72.8 Å². The smallest absolute Gasteiger partial charge is 0.0104 e. The van der Waals surface area contributed by atoms with Crippen molar-refractivity contribution in [3.8, 4) is 0 Å². The Morgan fingerprint density at radius 1 is 0.700 bits per heavy atom. The fourth-order valence-corrected chi connectivity index (χ4v) is 5.36. The van der Waals surface area contributed by atoms with Gasteiger partial charge < -0.3 is 0 Å². The van der Waals surface area contributed by atoms with Gasteiger partial charge in [-0.3, -0.25) is 0 Å². The molecule has 0 nitrogen and oxygen atoms in total. The van der Waals surface area contributed by atoms with Crippen molar-refractivity contribution < 1.29 is 0 Å². The first-order chi connectivity index (χ1) is 9.77. The van der Waals surface area contributed by atoms with Gasteiger partial charge in [0.25, 0.3) is 0 Å². The Labute approximate surface area is 122 Å². The first-order valence-electron chi connectivity index (χ1n) is 7.09. The summed E-state index contributed by atoms with van der Waals surface area (Å²) >= 11 is 0. The highest BCUT2D eigenvalue weighted by molar-refractivity contribution is 7.74. The van der Waals surface area contributed by atoms with Crippen molar-refractivity contribution in [1.82, 2.24) is 0 Å². The van der Waals surface area contributed by atoms with E-state index in [4.69, 9.17) is 0 Å².